The number of hydrogen-bond acceptors (Lipinski definition) is 5. The average molecular weight is 343 g/mol. The standard InChI is InChI=1S/C11H10IN3O2/c1-16-9-10(13)14-6-15-11(9)17-8-5-3-2-4-7(8)12/h2-6H,1H3,(H2,13,14,15). The number of rotatable bonds is 3. The van der Waals surface area contributed by atoms with E-state index in [1.807, 2.05) is 24.3 Å². The molecule has 0 aliphatic carbocycles. The first-order valence-corrected chi connectivity index (χ1v) is 5.87. The molecule has 0 spiro atoms. The minimum atomic E-state index is 0.253. The maximum Gasteiger partial charge on any atom is 0.268 e. The van der Waals surface area contributed by atoms with Gasteiger partial charge in [-0.25, -0.2) is 4.98 Å². The number of para-hydroxylation sites is 1. The van der Waals surface area contributed by atoms with E-state index in [9.17, 15) is 0 Å². The van der Waals surface area contributed by atoms with Crippen molar-refractivity contribution in [2.75, 3.05) is 12.8 Å². The van der Waals surface area contributed by atoms with Gasteiger partial charge >= 0.3 is 0 Å². The van der Waals surface area contributed by atoms with Crippen LogP contribution in [0, 0.1) is 3.57 Å². The summed E-state index contributed by atoms with van der Waals surface area (Å²) in [7, 11) is 1.50. The lowest BCUT2D eigenvalue weighted by Crippen LogP contribution is -2.00. The second-order valence-electron chi connectivity index (χ2n) is 3.13. The molecule has 88 valence electrons. The molecule has 1 aromatic heterocycles. The van der Waals surface area contributed by atoms with E-state index in [0.717, 1.165) is 3.57 Å². The summed E-state index contributed by atoms with van der Waals surface area (Å²) in [5.41, 5.74) is 5.67. The second kappa shape index (κ2) is 5.17. The van der Waals surface area contributed by atoms with Crippen LogP contribution < -0.4 is 15.2 Å². The molecule has 2 rings (SSSR count). The molecule has 0 saturated carbocycles. The van der Waals surface area contributed by atoms with Crippen molar-refractivity contribution in [3.05, 3.63) is 34.2 Å². The summed E-state index contributed by atoms with van der Waals surface area (Å²) in [6.45, 7) is 0. The number of ether oxygens (including phenoxy) is 2. The highest BCUT2D eigenvalue weighted by Crippen LogP contribution is 2.33. The maximum atomic E-state index is 5.67. The molecule has 0 saturated heterocycles. The Morgan fingerprint density at radius 1 is 1.24 bits per heavy atom. The number of nitrogen functional groups attached to an aromatic ring is 1. The zero-order valence-corrected chi connectivity index (χ0v) is 11.2. The number of aromatic nitrogens is 2. The Bertz CT molecular complexity index is 534. The fourth-order valence-electron chi connectivity index (χ4n) is 1.27. The Labute approximate surface area is 112 Å². The van der Waals surface area contributed by atoms with Gasteiger partial charge in [0.25, 0.3) is 5.88 Å². The third kappa shape index (κ3) is 2.57. The number of halogens is 1. The average Bonchev–Trinajstić information content (AvgIpc) is 2.32. The Morgan fingerprint density at radius 2 is 2.00 bits per heavy atom. The first-order chi connectivity index (χ1) is 8.22. The van der Waals surface area contributed by atoms with Gasteiger partial charge in [-0.3, -0.25) is 0 Å². The van der Waals surface area contributed by atoms with Crippen molar-refractivity contribution in [3.8, 4) is 17.4 Å². The minimum absolute atomic E-state index is 0.253. The smallest absolute Gasteiger partial charge is 0.268 e. The highest BCUT2D eigenvalue weighted by molar-refractivity contribution is 14.1. The molecule has 6 heteroatoms. The molecule has 17 heavy (non-hydrogen) atoms. The Hall–Kier alpha value is -1.57. The summed E-state index contributed by atoms with van der Waals surface area (Å²) in [5, 5.41) is 0. The number of anilines is 1. The van der Waals surface area contributed by atoms with Gasteiger partial charge < -0.3 is 15.2 Å². The van der Waals surface area contributed by atoms with Gasteiger partial charge in [0, 0.05) is 0 Å². The lowest BCUT2D eigenvalue weighted by atomic mass is 10.3. The molecular formula is C11H10IN3O2. The van der Waals surface area contributed by atoms with E-state index in [4.69, 9.17) is 15.2 Å². The number of benzene rings is 1. The van der Waals surface area contributed by atoms with E-state index in [0.29, 0.717) is 17.4 Å². The van der Waals surface area contributed by atoms with Crippen molar-refractivity contribution in [2.24, 2.45) is 0 Å². The predicted octanol–water partition coefficient (Wildman–Crippen LogP) is 2.46. The number of nitrogens with zero attached hydrogens (tertiary/aromatic N) is 2. The number of hydrogen-bond donors (Lipinski definition) is 1. The quantitative estimate of drug-likeness (QED) is 0.867. The molecule has 0 aliphatic heterocycles. The molecule has 0 bridgehead atoms. The van der Waals surface area contributed by atoms with Crippen molar-refractivity contribution >= 4 is 28.4 Å². The van der Waals surface area contributed by atoms with E-state index < -0.39 is 0 Å². The fraction of sp³-hybridized carbons (Fsp3) is 0.0909. The monoisotopic (exact) mass is 343 g/mol. The first-order valence-electron chi connectivity index (χ1n) is 4.79. The normalized spacial score (nSPS) is 10.0. The van der Waals surface area contributed by atoms with Crippen LogP contribution in [0.25, 0.3) is 0 Å². The minimum Gasteiger partial charge on any atom is -0.489 e. The van der Waals surface area contributed by atoms with Crippen molar-refractivity contribution in [1.82, 2.24) is 9.97 Å². The van der Waals surface area contributed by atoms with Crippen LogP contribution in [0.1, 0.15) is 0 Å². The largest absolute Gasteiger partial charge is 0.489 e. The summed E-state index contributed by atoms with van der Waals surface area (Å²) >= 11 is 2.18. The molecule has 1 heterocycles. The molecule has 1 aromatic carbocycles. The van der Waals surface area contributed by atoms with Crippen molar-refractivity contribution < 1.29 is 9.47 Å². The van der Waals surface area contributed by atoms with Crippen LogP contribution in [0.5, 0.6) is 17.4 Å². The van der Waals surface area contributed by atoms with Gasteiger partial charge in [-0.2, -0.15) is 4.98 Å². The summed E-state index contributed by atoms with van der Waals surface area (Å²) in [4.78, 5) is 7.84. The fourth-order valence-corrected chi connectivity index (χ4v) is 1.76. The van der Waals surface area contributed by atoms with Crippen LogP contribution in [0.4, 0.5) is 5.82 Å². The third-order valence-electron chi connectivity index (χ3n) is 2.05. The van der Waals surface area contributed by atoms with Crippen LogP contribution in [0.2, 0.25) is 0 Å². The van der Waals surface area contributed by atoms with Gasteiger partial charge in [0.15, 0.2) is 5.82 Å². The van der Waals surface area contributed by atoms with Crippen LogP contribution in [0.3, 0.4) is 0 Å². The predicted molar refractivity (Wildman–Crippen MR) is 72.2 cm³/mol. The van der Waals surface area contributed by atoms with E-state index >= 15 is 0 Å². The molecule has 0 fully saturated rings. The van der Waals surface area contributed by atoms with E-state index in [2.05, 4.69) is 32.6 Å². The lowest BCUT2D eigenvalue weighted by molar-refractivity contribution is 0.368. The number of nitrogens with two attached hydrogens (primary N) is 1. The van der Waals surface area contributed by atoms with Crippen LogP contribution >= 0.6 is 22.6 Å². The Balaban J connectivity index is 2.37. The second-order valence-corrected chi connectivity index (χ2v) is 4.29. The molecule has 5 nitrogen and oxygen atoms in total. The first kappa shape index (κ1) is 11.9. The lowest BCUT2D eigenvalue weighted by Gasteiger charge is -2.10. The molecular weight excluding hydrogens is 333 g/mol. The van der Waals surface area contributed by atoms with Crippen LogP contribution in [-0.2, 0) is 0 Å². The van der Waals surface area contributed by atoms with E-state index in [-0.39, 0.29) is 5.82 Å². The van der Waals surface area contributed by atoms with E-state index in [1.54, 1.807) is 0 Å². The highest BCUT2D eigenvalue weighted by Gasteiger charge is 2.12. The Kier molecular flexibility index (Phi) is 3.62. The molecule has 2 aromatic rings. The SMILES string of the molecule is COc1c(N)ncnc1Oc1ccccc1I. The summed E-state index contributed by atoms with van der Waals surface area (Å²) < 4.78 is 11.7. The van der Waals surface area contributed by atoms with Crippen molar-refractivity contribution in [3.63, 3.8) is 0 Å². The highest BCUT2D eigenvalue weighted by atomic mass is 127. The number of methoxy groups -OCH3 is 1. The van der Waals surface area contributed by atoms with Crippen molar-refractivity contribution in [2.45, 2.75) is 0 Å². The van der Waals surface area contributed by atoms with E-state index in [1.165, 1.54) is 13.4 Å². The molecule has 0 radical (unpaired) electrons. The molecule has 0 aliphatic rings. The van der Waals surface area contributed by atoms with Gasteiger partial charge in [-0.05, 0) is 34.7 Å². The van der Waals surface area contributed by atoms with Gasteiger partial charge in [-0.1, -0.05) is 12.1 Å². The maximum absolute atomic E-state index is 5.67. The van der Waals surface area contributed by atoms with Gasteiger partial charge in [0.05, 0.1) is 10.7 Å². The molecule has 0 unspecified atom stereocenters. The zero-order valence-electron chi connectivity index (χ0n) is 9.05. The zero-order chi connectivity index (χ0) is 12.3. The summed E-state index contributed by atoms with van der Waals surface area (Å²) in [6.07, 6.45) is 1.34. The van der Waals surface area contributed by atoms with Gasteiger partial charge in [-0.15, -0.1) is 0 Å². The topological polar surface area (TPSA) is 70.3 Å². The Morgan fingerprint density at radius 3 is 2.71 bits per heavy atom. The van der Waals surface area contributed by atoms with Crippen molar-refractivity contribution in [1.29, 1.82) is 0 Å². The van der Waals surface area contributed by atoms with Gasteiger partial charge in [0.1, 0.15) is 12.1 Å². The van der Waals surface area contributed by atoms with Crippen LogP contribution in [0.15, 0.2) is 30.6 Å². The molecule has 0 amide bonds. The van der Waals surface area contributed by atoms with Gasteiger partial charge in [0.2, 0.25) is 5.75 Å². The summed E-state index contributed by atoms with van der Waals surface area (Å²) in [5.74, 6) is 1.60. The molecule has 2 N–H and O–H groups in total. The summed E-state index contributed by atoms with van der Waals surface area (Å²) in [6, 6.07) is 7.60. The molecule has 0 atom stereocenters. The third-order valence-corrected chi connectivity index (χ3v) is 2.94. The van der Waals surface area contributed by atoms with Crippen LogP contribution in [-0.4, -0.2) is 17.1 Å².